The third kappa shape index (κ3) is 3.54. The van der Waals surface area contributed by atoms with Gasteiger partial charge in [0.15, 0.2) is 0 Å². The van der Waals surface area contributed by atoms with Crippen molar-refractivity contribution < 1.29 is 14.6 Å². The van der Waals surface area contributed by atoms with Crippen LogP contribution in [-0.2, 0) is 6.42 Å². The van der Waals surface area contributed by atoms with Crippen LogP contribution in [0.3, 0.4) is 0 Å². The maximum Gasteiger partial charge on any atom is 0.336 e. The number of carboxylic acid groups (broad SMARTS) is 1. The molecule has 1 N–H and O–H groups in total. The molecule has 0 bridgehead atoms. The normalized spacial score (nSPS) is 10.4. The zero-order valence-electron chi connectivity index (χ0n) is 10.2. The lowest BCUT2D eigenvalue weighted by Gasteiger charge is -2.07. The first-order valence-electron chi connectivity index (χ1n) is 5.62. The molecule has 1 aromatic heterocycles. The second kappa shape index (κ2) is 6.16. The highest BCUT2D eigenvalue weighted by atomic mass is 79.9. The minimum absolute atomic E-state index is 0.227. The van der Waals surface area contributed by atoms with Crippen LogP contribution < -0.4 is 4.74 Å². The van der Waals surface area contributed by atoms with Crippen molar-refractivity contribution in [3.05, 3.63) is 44.3 Å². The van der Waals surface area contributed by atoms with Crippen molar-refractivity contribution in [3.63, 3.8) is 0 Å². The summed E-state index contributed by atoms with van der Waals surface area (Å²) in [5.41, 5.74) is 3.09. The van der Waals surface area contributed by atoms with Crippen LogP contribution in [0, 0.1) is 6.92 Å². The fraction of sp³-hybridized carbons (Fsp3) is 0.231. The number of halogens is 1. The highest BCUT2D eigenvalue weighted by Crippen LogP contribution is 2.23. The summed E-state index contributed by atoms with van der Waals surface area (Å²) in [5.74, 6) is -0.308. The predicted molar refractivity (Wildman–Crippen MR) is 77.2 cm³/mol. The zero-order valence-corrected chi connectivity index (χ0v) is 12.6. The fourth-order valence-electron chi connectivity index (χ4n) is 1.59. The quantitative estimate of drug-likeness (QED) is 0.903. The minimum atomic E-state index is -0.960. The van der Waals surface area contributed by atoms with Crippen molar-refractivity contribution >= 4 is 33.2 Å². The molecular formula is C13H12BrNO3S. The summed E-state index contributed by atoms with van der Waals surface area (Å²) in [6.45, 7) is 2.52. The predicted octanol–water partition coefficient (Wildman–Crippen LogP) is 3.53. The summed E-state index contributed by atoms with van der Waals surface area (Å²) in [6.07, 6.45) is 0.800. The van der Waals surface area contributed by atoms with Gasteiger partial charge in [-0.3, -0.25) is 0 Å². The third-order valence-corrected chi connectivity index (χ3v) is 4.26. The maximum atomic E-state index is 10.9. The molecule has 0 unspecified atom stereocenters. The van der Waals surface area contributed by atoms with E-state index < -0.39 is 5.97 Å². The van der Waals surface area contributed by atoms with E-state index in [4.69, 9.17) is 9.84 Å². The average molecular weight is 342 g/mol. The molecule has 1 aromatic carbocycles. The van der Waals surface area contributed by atoms with Gasteiger partial charge in [0.25, 0.3) is 0 Å². The molecule has 0 spiro atoms. The van der Waals surface area contributed by atoms with E-state index >= 15 is 0 Å². The van der Waals surface area contributed by atoms with Crippen molar-refractivity contribution in [1.29, 1.82) is 0 Å². The van der Waals surface area contributed by atoms with Gasteiger partial charge in [-0.1, -0.05) is 0 Å². The van der Waals surface area contributed by atoms with Gasteiger partial charge in [-0.15, -0.1) is 11.3 Å². The summed E-state index contributed by atoms with van der Waals surface area (Å²) in [4.78, 5) is 16.3. The molecule has 2 aromatic rings. The summed E-state index contributed by atoms with van der Waals surface area (Å²) >= 11 is 4.84. The van der Waals surface area contributed by atoms with Gasteiger partial charge in [0.05, 0.1) is 23.4 Å². The first-order valence-corrected chi connectivity index (χ1v) is 7.30. The Labute approximate surface area is 123 Å². The van der Waals surface area contributed by atoms with Crippen molar-refractivity contribution in [2.24, 2.45) is 0 Å². The first kappa shape index (κ1) is 14.0. The van der Waals surface area contributed by atoms with Crippen LogP contribution in [-0.4, -0.2) is 22.7 Å². The lowest BCUT2D eigenvalue weighted by atomic mass is 10.2. The van der Waals surface area contributed by atoms with E-state index in [9.17, 15) is 4.79 Å². The number of carboxylic acids is 1. The van der Waals surface area contributed by atoms with Crippen molar-refractivity contribution in [2.45, 2.75) is 13.3 Å². The lowest BCUT2D eigenvalue weighted by Crippen LogP contribution is -2.02. The monoisotopic (exact) mass is 341 g/mol. The van der Waals surface area contributed by atoms with Gasteiger partial charge >= 0.3 is 5.97 Å². The van der Waals surface area contributed by atoms with Gasteiger partial charge in [0, 0.05) is 15.8 Å². The van der Waals surface area contributed by atoms with Gasteiger partial charge in [-0.2, -0.15) is 0 Å². The molecule has 0 saturated carbocycles. The zero-order chi connectivity index (χ0) is 13.8. The summed E-state index contributed by atoms with van der Waals surface area (Å²) in [5, 5.41) is 8.91. The molecule has 0 radical (unpaired) electrons. The summed E-state index contributed by atoms with van der Waals surface area (Å²) < 4.78 is 6.13. The first-order chi connectivity index (χ1) is 9.08. The standard InChI is InChI=1S/C13H12BrNO3S/c1-8-12(19-7-15-8)4-5-18-9-2-3-10(13(16)17)11(14)6-9/h2-3,6-7H,4-5H2,1H3,(H,16,17). The number of hydrogen-bond donors (Lipinski definition) is 1. The molecule has 0 fully saturated rings. The SMILES string of the molecule is Cc1ncsc1CCOc1ccc(C(=O)O)c(Br)c1. The Morgan fingerprint density at radius 3 is 2.89 bits per heavy atom. The van der Waals surface area contributed by atoms with Crippen molar-refractivity contribution in [3.8, 4) is 5.75 Å². The maximum absolute atomic E-state index is 10.9. The minimum Gasteiger partial charge on any atom is -0.493 e. The Kier molecular flexibility index (Phi) is 4.55. The third-order valence-electron chi connectivity index (χ3n) is 2.61. The van der Waals surface area contributed by atoms with E-state index in [1.54, 1.807) is 23.5 Å². The van der Waals surface area contributed by atoms with Gasteiger partial charge in [0.2, 0.25) is 0 Å². The molecule has 1 heterocycles. The number of aryl methyl sites for hydroxylation is 1. The Balaban J connectivity index is 1.95. The number of benzene rings is 1. The largest absolute Gasteiger partial charge is 0.493 e. The van der Waals surface area contributed by atoms with E-state index in [1.165, 1.54) is 10.9 Å². The van der Waals surface area contributed by atoms with Gasteiger partial charge in [-0.05, 0) is 41.1 Å². The molecule has 0 atom stereocenters. The highest BCUT2D eigenvalue weighted by molar-refractivity contribution is 9.10. The highest BCUT2D eigenvalue weighted by Gasteiger charge is 2.09. The van der Waals surface area contributed by atoms with Gasteiger partial charge in [0.1, 0.15) is 5.75 Å². The Hall–Kier alpha value is -1.40. The number of aromatic carboxylic acids is 1. The van der Waals surface area contributed by atoms with E-state index in [-0.39, 0.29) is 5.56 Å². The van der Waals surface area contributed by atoms with Gasteiger partial charge in [-0.25, -0.2) is 9.78 Å². The van der Waals surface area contributed by atoms with Crippen LogP contribution in [0.25, 0.3) is 0 Å². The Morgan fingerprint density at radius 2 is 2.32 bits per heavy atom. The smallest absolute Gasteiger partial charge is 0.336 e. The molecule has 6 heteroatoms. The molecule has 4 nitrogen and oxygen atoms in total. The second-order valence-corrected chi connectivity index (χ2v) is 5.70. The number of hydrogen-bond acceptors (Lipinski definition) is 4. The van der Waals surface area contributed by atoms with E-state index in [0.717, 1.165) is 12.1 Å². The van der Waals surface area contributed by atoms with Crippen LogP contribution in [0.5, 0.6) is 5.75 Å². The molecule has 0 aliphatic heterocycles. The number of ether oxygens (including phenoxy) is 1. The molecule has 0 aliphatic carbocycles. The van der Waals surface area contributed by atoms with Crippen LogP contribution in [0.1, 0.15) is 20.9 Å². The number of carbonyl (C=O) groups is 1. The summed E-state index contributed by atoms with van der Waals surface area (Å²) in [6, 6.07) is 4.86. The number of rotatable bonds is 5. The van der Waals surface area contributed by atoms with Crippen molar-refractivity contribution in [1.82, 2.24) is 4.98 Å². The topological polar surface area (TPSA) is 59.4 Å². The molecule has 0 amide bonds. The molecule has 0 aliphatic rings. The van der Waals surface area contributed by atoms with E-state index in [0.29, 0.717) is 16.8 Å². The number of nitrogens with zero attached hydrogens (tertiary/aromatic N) is 1. The number of aromatic nitrogens is 1. The van der Waals surface area contributed by atoms with Crippen LogP contribution in [0.4, 0.5) is 0 Å². The average Bonchev–Trinajstić information content (AvgIpc) is 2.75. The molecular weight excluding hydrogens is 330 g/mol. The van der Waals surface area contributed by atoms with Gasteiger partial charge < -0.3 is 9.84 Å². The summed E-state index contributed by atoms with van der Waals surface area (Å²) in [7, 11) is 0. The van der Waals surface area contributed by atoms with Crippen LogP contribution >= 0.6 is 27.3 Å². The second-order valence-electron chi connectivity index (χ2n) is 3.91. The molecule has 0 saturated heterocycles. The molecule has 19 heavy (non-hydrogen) atoms. The van der Waals surface area contributed by atoms with Crippen LogP contribution in [0.15, 0.2) is 28.2 Å². The number of thiazole rings is 1. The van der Waals surface area contributed by atoms with E-state index in [1.807, 2.05) is 12.4 Å². The Bertz CT molecular complexity index is 597. The van der Waals surface area contributed by atoms with Crippen molar-refractivity contribution in [2.75, 3.05) is 6.61 Å². The lowest BCUT2D eigenvalue weighted by molar-refractivity contribution is 0.0696. The molecule has 2 rings (SSSR count). The van der Waals surface area contributed by atoms with Crippen LogP contribution in [0.2, 0.25) is 0 Å². The van der Waals surface area contributed by atoms with E-state index in [2.05, 4.69) is 20.9 Å². The fourth-order valence-corrected chi connectivity index (χ4v) is 2.88. The Morgan fingerprint density at radius 1 is 1.53 bits per heavy atom. The molecule has 100 valence electrons.